The molecule has 0 atom stereocenters. The Kier molecular flexibility index (Phi) is 3.79. The second kappa shape index (κ2) is 5.35. The van der Waals surface area contributed by atoms with Crippen molar-refractivity contribution in [3.63, 3.8) is 0 Å². The lowest BCUT2D eigenvalue weighted by atomic mass is 10.2. The maximum absolute atomic E-state index is 13.0. The third-order valence-corrected chi connectivity index (χ3v) is 2.15. The van der Waals surface area contributed by atoms with Gasteiger partial charge in [0.1, 0.15) is 5.82 Å². The number of rotatable bonds is 4. The van der Waals surface area contributed by atoms with Gasteiger partial charge in [0.05, 0.1) is 13.1 Å². The van der Waals surface area contributed by atoms with Crippen LogP contribution in [0.4, 0.5) is 17.6 Å². The van der Waals surface area contributed by atoms with Gasteiger partial charge in [-0.3, -0.25) is 0 Å². The zero-order chi connectivity index (χ0) is 13.9. The number of hydrogen-bond donors (Lipinski definition) is 1. The Labute approximate surface area is 105 Å². The summed E-state index contributed by atoms with van der Waals surface area (Å²) < 4.78 is 53.4. The second-order valence-corrected chi connectivity index (χ2v) is 3.74. The molecule has 1 N–H and O–H groups in total. The first kappa shape index (κ1) is 13.5. The summed E-state index contributed by atoms with van der Waals surface area (Å²) in [5, 5.41) is 5.69. The Bertz CT molecular complexity index is 553. The van der Waals surface area contributed by atoms with Crippen LogP contribution in [0.2, 0.25) is 0 Å². The van der Waals surface area contributed by atoms with Gasteiger partial charge in [0.15, 0.2) is 0 Å². The largest absolute Gasteiger partial charge is 0.401 e. The van der Waals surface area contributed by atoms with Crippen LogP contribution in [0.5, 0.6) is 0 Å². The molecule has 0 aliphatic carbocycles. The maximum Gasteiger partial charge on any atom is 0.401 e. The van der Waals surface area contributed by atoms with Crippen molar-refractivity contribution in [3.05, 3.63) is 36.0 Å². The molecule has 0 saturated carbocycles. The molecule has 0 amide bonds. The van der Waals surface area contributed by atoms with Crippen LogP contribution < -0.4 is 5.32 Å². The normalized spacial score (nSPS) is 11.8. The molecule has 19 heavy (non-hydrogen) atoms. The third kappa shape index (κ3) is 4.02. The van der Waals surface area contributed by atoms with Crippen LogP contribution in [0.3, 0.4) is 0 Å². The van der Waals surface area contributed by atoms with E-state index in [1.54, 1.807) is 6.07 Å². The fourth-order valence-electron chi connectivity index (χ4n) is 1.38. The van der Waals surface area contributed by atoms with Gasteiger partial charge in [-0.25, -0.2) is 4.39 Å². The van der Waals surface area contributed by atoms with Crippen molar-refractivity contribution in [2.75, 3.05) is 6.54 Å². The van der Waals surface area contributed by atoms with Gasteiger partial charge < -0.3 is 9.84 Å². The summed E-state index contributed by atoms with van der Waals surface area (Å²) in [5.74, 6) is -0.328. The van der Waals surface area contributed by atoms with Gasteiger partial charge in [-0.05, 0) is 12.1 Å². The fourth-order valence-corrected chi connectivity index (χ4v) is 1.38. The van der Waals surface area contributed by atoms with Crippen molar-refractivity contribution in [2.45, 2.75) is 12.7 Å². The summed E-state index contributed by atoms with van der Waals surface area (Å²) in [4.78, 5) is 3.87. The number of nitrogens with zero attached hydrogens (tertiary/aromatic N) is 2. The molecule has 0 saturated heterocycles. The van der Waals surface area contributed by atoms with Crippen molar-refractivity contribution >= 4 is 0 Å². The third-order valence-electron chi connectivity index (χ3n) is 2.15. The average Bonchev–Trinajstić information content (AvgIpc) is 2.76. The lowest BCUT2D eigenvalue weighted by Gasteiger charge is -2.05. The first-order valence-electron chi connectivity index (χ1n) is 5.30. The molecule has 0 unspecified atom stereocenters. The SMILES string of the molecule is Fc1cccc(-c2noc(CNCC(F)(F)F)n2)c1. The fraction of sp³-hybridized carbons (Fsp3) is 0.273. The molecule has 4 nitrogen and oxygen atoms in total. The molecule has 1 heterocycles. The summed E-state index contributed by atoms with van der Waals surface area (Å²) in [6, 6.07) is 5.51. The van der Waals surface area contributed by atoms with E-state index in [9.17, 15) is 17.6 Å². The molecule has 0 aliphatic rings. The van der Waals surface area contributed by atoms with E-state index >= 15 is 0 Å². The molecule has 1 aromatic heterocycles. The van der Waals surface area contributed by atoms with Gasteiger partial charge in [0.25, 0.3) is 0 Å². The molecule has 0 aliphatic heterocycles. The van der Waals surface area contributed by atoms with E-state index in [1.807, 2.05) is 0 Å². The van der Waals surface area contributed by atoms with Crippen LogP contribution in [0.15, 0.2) is 28.8 Å². The highest BCUT2D eigenvalue weighted by Gasteiger charge is 2.26. The van der Waals surface area contributed by atoms with Gasteiger partial charge in [-0.15, -0.1) is 0 Å². The minimum absolute atomic E-state index is 0.00325. The van der Waals surface area contributed by atoms with E-state index in [4.69, 9.17) is 4.52 Å². The van der Waals surface area contributed by atoms with Crippen molar-refractivity contribution in [3.8, 4) is 11.4 Å². The molecular formula is C11H9F4N3O. The van der Waals surface area contributed by atoms with Crippen LogP contribution >= 0.6 is 0 Å². The van der Waals surface area contributed by atoms with Gasteiger partial charge in [-0.1, -0.05) is 17.3 Å². The quantitative estimate of drug-likeness (QED) is 0.871. The number of alkyl halides is 3. The van der Waals surface area contributed by atoms with Crippen molar-refractivity contribution < 1.29 is 22.1 Å². The number of aromatic nitrogens is 2. The summed E-state index contributed by atoms with van der Waals surface area (Å²) in [7, 11) is 0. The summed E-state index contributed by atoms with van der Waals surface area (Å²) in [6.45, 7) is -1.35. The maximum atomic E-state index is 13.0. The molecular weight excluding hydrogens is 266 g/mol. The van der Waals surface area contributed by atoms with Crippen molar-refractivity contribution in [1.82, 2.24) is 15.5 Å². The highest BCUT2D eigenvalue weighted by atomic mass is 19.4. The Hall–Kier alpha value is -1.96. The summed E-state index contributed by atoms with van der Waals surface area (Å²) >= 11 is 0. The smallest absolute Gasteiger partial charge is 0.338 e. The minimum atomic E-state index is -4.30. The number of halogens is 4. The second-order valence-electron chi connectivity index (χ2n) is 3.74. The van der Waals surface area contributed by atoms with E-state index in [0.717, 1.165) is 0 Å². The van der Waals surface area contributed by atoms with Crippen LogP contribution in [-0.2, 0) is 6.54 Å². The van der Waals surface area contributed by atoms with E-state index in [1.165, 1.54) is 18.2 Å². The zero-order valence-corrected chi connectivity index (χ0v) is 9.54. The first-order chi connectivity index (χ1) is 8.94. The van der Waals surface area contributed by atoms with Gasteiger partial charge in [-0.2, -0.15) is 18.2 Å². The van der Waals surface area contributed by atoms with E-state index in [-0.39, 0.29) is 18.3 Å². The molecule has 2 aromatic rings. The van der Waals surface area contributed by atoms with Crippen LogP contribution in [-0.4, -0.2) is 22.9 Å². The topological polar surface area (TPSA) is 51.0 Å². The van der Waals surface area contributed by atoms with E-state index < -0.39 is 18.5 Å². The molecule has 8 heteroatoms. The molecule has 2 rings (SSSR count). The Morgan fingerprint density at radius 2 is 2.05 bits per heavy atom. The van der Waals surface area contributed by atoms with Crippen LogP contribution in [0, 0.1) is 5.82 Å². The predicted molar refractivity (Wildman–Crippen MR) is 57.5 cm³/mol. The number of hydrogen-bond acceptors (Lipinski definition) is 4. The molecule has 0 bridgehead atoms. The zero-order valence-electron chi connectivity index (χ0n) is 9.54. The molecule has 102 valence electrons. The minimum Gasteiger partial charge on any atom is -0.338 e. The highest BCUT2D eigenvalue weighted by molar-refractivity contribution is 5.53. The standard InChI is InChI=1S/C11H9F4N3O/c12-8-3-1-2-7(4-8)10-17-9(19-18-10)5-16-6-11(13,14)15/h1-4,16H,5-6H2. The lowest BCUT2D eigenvalue weighted by molar-refractivity contribution is -0.125. The van der Waals surface area contributed by atoms with Gasteiger partial charge in [0, 0.05) is 5.56 Å². The predicted octanol–water partition coefficient (Wildman–Crippen LogP) is 2.53. The van der Waals surface area contributed by atoms with Crippen LogP contribution in [0.1, 0.15) is 5.89 Å². The van der Waals surface area contributed by atoms with Gasteiger partial charge in [0.2, 0.25) is 11.7 Å². The monoisotopic (exact) mass is 275 g/mol. The Morgan fingerprint density at radius 1 is 1.26 bits per heavy atom. The first-order valence-corrected chi connectivity index (χ1v) is 5.30. The Balaban J connectivity index is 1.99. The van der Waals surface area contributed by atoms with E-state index in [2.05, 4.69) is 15.5 Å². The Morgan fingerprint density at radius 3 is 2.74 bits per heavy atom. The highest BCUT2D eigenvalue weighted by Crippen LogP contribution is 2.17. The average molecular weight is 275 g/mol. The molecule has 1 aromatic carbocycles. The lowest BCUT2D eigenvalue weighted by Crippen LogP contribution is -2.28. The van der Waals surface area contributed by atoms with Gasteiger partial charge >= 0.3 is 6.18 Å². The molecule has 0 spiro atoms. The summed E-state index contributed by atoms with van der Waals surface area (Å²) in [5.41, 5.74) is 0.394. The number of benzene rings is 1. The van der Waals surface area contributed by atoms with Crippen LogP contribution in [0.25, 0.3) is 11.4 Å². The van der Waals surface area contributed by atoms with E-state index in [0.29, 0.717) is 5.56 Å². The van der Waals surface area contributed by atoms with Crippen molar-refractivity contribution in [1.29, 1.82) is 0 Å². The molecule has 0 fully saturated rings. The number of nitrogens with one attached hydrogen (secondary N) is 1. The summed E-state index contributed by atoms with van der Waals surface area (Å²) in [6.07, 6.45) is -4.30. The van der Waals surface area contributed by atoms with Crippen molar-refractivity contribution in [2.24, 2.45) is 0 Å². The molecule has 0 radical (unpaired) electrons.